The zero-order valence-electron chi connectivity index (χ0n) is 17.4. The highest BCUT2D eigenvalue weighted by Crippen LogP contribution is 2.39. The summed E-state index contributed by atoms with van der Waals surface area (Å²) in [5, 5.41) is 71.4. The summed E-state index contributed by atoms with van der Waals surface area (Å²) >= 11 is 0. The average molecular weight is 479 g/mol. The van der Waals surface area contributed by atoms with Gasteiger partial charge in [-0.15, -0.1) is 6.58 Å². The van der Waals surface area contributed by atoms with E-state index < -0.39 is 98.4 Å². The molecule has 10 atom stereocenters. The van der Waals surface area contributed by atoms with E-state index in [0.717, 1.165) is 0 Å². The van der Waals surface area contributed by atoms with Gasteiger partial charge in [-0.05, 0) is 0 Å². The van der Waals surface area contributed by atoms with Crippen molar-refractivity contribution in [2.24, 2.45) is 0 Å². The van der Waals surface area contributed by atoms with Gasteiger partial charge in [0, 0.05) is 12.8 Å². The maximum absolute atomic E-state index is 12.8. The molecule has 0 unspecified atom stereocenters. The number of ether oxygens (including phenoxy) is 5. The van der Waals surface area contributed by atoms with Crippen LogP contribution < -0.4 is 5.11 Å². The van der Waals surface area contributed by atoms with E-state index in [9.17, 15) is 40.2 Å². The average Bonchev–Trinajstić information content (AvgIpc) is 2.78. The largest absolute Gasteiger partial charge is 0.544 e. The maximum atomic E-state index is 12.8. The summed E-state index contributed by atoms with van der Waals surface area (Å²) in [6.45, 7) is 1.69. The van der Waals surface area contributed by atoms with Crippen LogP contribution in [0.15, 0.2) is 12.7 Å². The Labute approximate surface area is 187 Å². The summed E-state index contributed by atoms with van der Waals surface area (Å²) < 4.78 is 26.6. The first kappa shape index (κ1) is 25.9. The van der Waals surface area contributed by atoms with Crippen molar-refractivity contribution >= 4 is 11.9 Å². The molecule has 3 aliphatic heterocycles. The molecule has 0 radical (unpaired) electrons. The minimum Gasteiger partial charge on any atom is -0.544 e. The molecule has 3 heterocycles. The van der Waals surface area contributed by atoms with Crippen LogP contribution >= 0.6 is 0 Å². The van der Waals surface area contributed by atoms with Gasteiger partial charge < -0.3 is 64.2 Å². The second kappa shape index (κ2) is 9.87. The predicted molar refractivity (Wildman–Crippen MR) is 98.5 cm³/mol. The minimum atomic E-state index is -2.48. The lowest BCUT2D eigenvalue weighted by Gasteiger charge is -2.50. The van der Waals surface area contributed by atoms with Gasteiger partial charge in [-0.3, -0.25) is 0 Å². The Morgan fingerprint density at radius 3 is 2.45 bits per heavy atom. The predicted octanol–water partition coefficient (Wildman–Crippen LogP) is -5.35. The SMILES string of the molecule is C=CCO[C@]1(C(=O)[O-])C[C@@H](O)[C@@H](O)[C@@H]([C@H]2CO[C@@]3(C[C@@H](O)[C@@H](O)[C@@H]([C@H](O)CO)O3)C(=O)O2)O1. The lowest BCUT2D eigenvalue weighted by molar-refractivity contribution is -0.393. The van der Waals surface area contributed by atoms with Crippen LogP contribution in [0.4, 0.5) is 0 Å². The number of aliphatic hydroxyl groups excluding tert-OH is 6. The van der Waals surface area contributed by atoms with E-state index in [0.29, 0.717) is 0 Å². The second-order valence-electron chi connectivity index (χ2n) is 8.09. The molecule has 3 aliphatic rings. The van der Waals surface area contributed by atoms with Crippen LogP contribution in [-0.4, -0.2) is 123 Å². The van der Waals surface area contributed by atoms with Crippen molar-refractivity contribution in [2.75, 3.05) is 19.8 Å². The molecule has 188 valence electrons. The molecule has 33 heavy (non-hydrogen) atoms. The number of carboxylic acids is 1. The van der Waals surface area contributed by atoms with Crippen molar-refractivity contribution in [1.82, 2.24) is 0 Å². The van der Waals surface area contributed by atoms with Crippen molar-refractivity contribution in [1.29, 1.82) is 0 Å². The summed E-state index contributed by atoms with van der Waals surface area (Å²) in [4.78, 5) is 24.5. The molecule has 0 aliphatic carbocycles. The summed E-state index contributed by atoms with van der Waals surface area (Å²) in [5.74, 6) is -7.81. The van der Waals surface area contributed by atoms with Gasteiger partial charge in [0.1, 0.15) is 36.5 Å². The first-order chi connectivity index (χ1) is 15.5. The number of rotatable bonds is 7. The van der Waals surface area contributed by atoms with Crippen LogP contribution in [0.1, 0.15) is 12.8 Å². The number of carbonyl (C=O) groups is 2. The molecule has 3 rings (SSSR count). The zero-order valence-corrected chi connectivity index (χ0v) is 17.4. The molecule has 0 aromatic carbocycles. The molecule has 0 aromatic heterocycles. The molecular formula is C19H27O14-. The van der Waals surface area contributed by atoms with E-state index in [1.54, 1.807) is 0 Å². The van der Waals surface area contributed by atoms with Crippen molar-refractivity contribution in [3.8, 4) is 0 Å². The van der Waals surface area contributed by atoms with E-state index in [2.05, 4.69) is 6.58 Å². The van der Waals surface area contributed by atoms with E-state index in [1.807, 2.05) is 0 Å². The summed E-state index contributed by atoms with van der Waals surface area (Å²) in [6, 6.07) is 0. The van der Waals surface area contributed by atoms with E-state index in [-0.39, 0.29) is 6.61 Å². The van der Waals surface area contributed by atoms with Crippen molar-refractivity contribution in [3.05, 3.63) is 12.7 Å². The van der Waals surface area contributed by atoms with Gasteiger partial charge in [-0.1, -0.05) is 6.08 Å². The molecule has 0 aromatic rings. The molecule has 14 nitrogen and oxygen atoms in total. The number of carbonyl (C=O) groups excluding carboxylic acids is 2. The van der Waals surface area contributed by atoms with Gasteiger partial charge >= 0.3 is 5.97 Å². The Morgan fingerprint density at radius 2 is 1.88 bits per heavy atom. The Balaban J connectivity index is 1.79. The number of aliphatic hydroxyl groups is 6. The number of hydrogen-bond donors (Lipinski definition) is 6. The highest BCUT2D eigenvalue weighted by Gasteiger charge is 2.60. The van der Waals surface area contributed by atoms with Crippen LogP contribution in [0.25, 0.3) is 0 Å². The first-order valence-electron chi connectivity index (χ1n) is 10.2. The van der Waals surface area contributed by atoms with Crippen LogP contribution in [0, 0.1) is 0 Å². The Hall–Kier alpha value is -1.72. The summed E-state index contributed by atoms with van der Waals surface area (Å²) in [6.07, 6.45) is -13.0. The van der Waals surface area contributed by atoms with Crippen molar-refractivity contribution in [2.45, 2.75) is 73.2 Å². The van der Waals surface area contributed by atoms with Gasteiger partial charge in [0.15, 0.2) is 6.10 Å². The third-order valence-corrected chi connectivity index (χ3v) is 5.80. The molecule has 6 N–H and O–H groups in total. The summed E-state index contributed by atoms with van der Waals surface area (Å²) in [7, 11) is 0. The smallest absolute Gasteiger partial charge is 0.367 e. The quantitative estimate of drug-likeness (QED) is 0.148. The molecular weight excluding hydrogens is 452 g/mol. The normalized spacial score (nSPS) is 44.8. The Bertz CT molecular complexity index is 746. The molecule has 1 spiro atoms. The van der Waals surface area contributed by atoms with E-state index in [1.165, 1.54) is 6.08 Å². The Kier molecular flexibility index (Phi) is 7.75. The number of carboxylic acid groups (broad SMARTS) is 1. The highest BCUT2D eigenvalue weighted by molar-refractivity contribution is 5.79. The molecule has 3 fully saturated rings. The number of esters is 1. The van der Waals surface area contributed by atoms with Crippen LogP contribution in [0.2, 0.25) is 0 Å². The molecule has 3 saturated heterocycles. The van der Waals surface area contributed by atoms with Gasteiger partial charge in [-0.25, -0.2) is 4.79 Å². The topological polar surface area (TPSA) is 225 Å². The second-order valence-corrected chi connectivity index (χ2v) is 8.09. The fraction of sp³-hybridized carbons (Fsp3) is 0.789. The Morgan fingerprint density at radius 1 is 1.21 bits per heavy atom. The standard InChI is InChI=1S/C19H28O14/c1-2-3-29-18(16(26)27)4-8(21)13(25)15(33-18)11-7-30-19(17(28)31-11)5-9(22)12(24)14(32-19)10(23)6-20/h2,8-15,20-25H,1,3-7H2,(H,26,27)/p-1/t8-,9-,10-,11-,12-,13-,14-,15-,18-,19-/m1/s1. The number of cyclic esters (lactones) is 1. The molecule has 0 bridgehead atoms. The molecule has 14 heteroatoms. The van der Waals surface area contributed by atoms with Crippen LogP contribution in [-0.2, 0) is 33.3 Å². The van der Waals surface area contributed by atoms with Gasteiger partial charge in [-0.2, -0.15) is 0 Å². The monoisotopic (exact) mass is 479 g/mol. The highest BCUT2D eigenvalue weighted by atomic mass is 16.8. The fourth-order valence-corrected chi connectivity index (χ4v) is 4.01. The third-order valence-electron chi connectivity index (χ3n) is 5.80. The molecule has 0 amide bonds. The third kappa shape index (κ3) is 4.77. The van der Waals surface area contributed by atoms with Gasteiger partial charge in [0.25, 0.3) is 5.79 Å². The van der Waals surface area contributed by atoms with Crippen molar-refractivity contribution < 1.29 is 69.0 Å². The minimum absolute atomic E-state index is 0.295. The zero-order chi connectivity index (χ0) is 24.6. The van der Waals surface area contributed by atoms with Gasteiger partial charge in [0.05, 0.1) is 32.0 Å². The molecule has 0 saturated carbocycles. The fourth-order valence-electron chi connectivity index (χ4n) is 4.01. The lowest BCUT2D eigenvalue weighted by Crippen LogP contribution is -2.69. The summed E-state index contributed by atoms with van der Waals surface area (Å²) in [5.41, 5.74) is 0. The number of aliphatic carboxylic acids is 1. The van der Waals surface area contributed by atoms with E-state index >= 15 is 0 Å². The maximum Gasteiger partial charge on any atom is 0.367 e. The lowest BCUT2D eigenvalue weighted by atomic mass is 9.90. The first-order valence-corrected chi connectivity index (χ1v) is 10.2. The van der Waals surface area contributed by atoms with Crippen LogP contribution in [0.3, 0.4) is 0 Å². The van der Waals surface area contributed by atoms with Gasteiger partial charge in [0.2, 0.25) is 5.79 Å². The number of hydrogen-bond acceptors (Lipinski definition) is 14. The van der Waals surface area contributed by atoms with Crippen LogP contribution in [0.5, 0.6) is 0 Å². The van der Waals surface area contributed by atoms with Crippen molar-refractivity contribution in [3.63, 3.8) is 0 Å². The van der Waals surface area contributed by atoms with E-state index in [4.69, 9.17) is 28.8 Å².